The number of hydrogen-bond donors (Lipinski definition) is 3. The van der Waals surface area contributed by atoms with Crippen molar-refractivity contribution in [1.29, 1.82) is 0 Å². The fraction of sp³-hybridized carbons (Fsp3) is 0.333. The number of hydrogen-bond acceptors (Lipinski definition) is 5. The molecule has 2 fully saturated rings. The van der Waals surface area contributed by atoms with Crippen molar-refractivity contribution in [3.8, 4) is 0 Å². The number of rotatable bonds is 4. The normalized spacial score (nSPS) is 23.4. The van der Waals surface area contributed by atoms with Gasteiger partial charge in [-0.1, -0.05) is 6.92 Å². The molecule has 1 aliphatic carbocycles. The topological polar surface area (TPSA) is 121 Å². The zero-order valence-electron chi connectivity index (χ0n) is 16.4. The highest BCUT2D eigenvalue weighted by molar-refractivity contribution is 6.09. The van der Waals surface area contributed by atoms with Crippen molar-refractivity contribution >= 4 is 29.4 Å². The third-order valence-corrected chi connectivity index (χ3v) is 5.65. The van der Waals surface area contributed by atoms with Gasteiger partial charge in [-0.3, -0.25) is 19.8 Å². The van der Waals surface area contributed by atoms with Gasteiger partial charge in [-0.2, -0.15) is 5.01 Å². The quantitative estimate of drug-likeness (QED) is 0.669. The highest BCUT2D eigenvalue weighted by Gasteiger charge is 2.52. The summed E-state index contributed by atoms with van der Waals surface area (Å²) in [6.45, 7) is 2.12. The average molecular weight is 410 g/mol. The SMILES string of the molecule is CC1CCC2(CC1)NC(=O)N(NC(=O)c1ccc(NC(=O)c3ccco3)cc1)C2=O. The first-order valence-electron chi connectivity index (χ1n) is 9.80. The average Bonchev–Trinajstić information content (AvgIpc) is 3.35. The lowest BCUT2D eigenvalue weighted by atomic mass is 9.77. The van der Waals surface area contributed by atoms with Crippen LogP contribution in [0.3, 0.4) is 0 Å². The van der Waals surface area contributed by atoms with E-state index in [4.69, 9.17) is 4.42 Å². The van der Waals surface area contributed by atoms with Crippen molar-refractivity contribution in [2.24, 2.45) is 5.92 Å². The maximum atomic E-state index is 12.8. The number of urea groups is 1. The van der Waals surface area contributed by atoms with Gasteiger partial charge in [0.2, 0.25) is 0 Å². The highest BCUT2D eigenvalue weighted by atomic mass is 16.3. The first-order valence-corrected chi connectivity index (χ1v) is 9.80. The van der Waals surface area contributed by atoms with Crippen LogP contribution < -0.4 is 16.1 Å². The van der Waals surface area contributed by atoms with E-state index in [9.17, 15) is 19.2 Å². The Hall–Kier alpha value is -3.62. The molecule has 5 amide bonds. The van der Waals surface area contributed by atoms with Gasteiger partial charge in [-0.05, 0) is 68.0 Å². The van der Waals surface area contributed by atoms with Gasteiger partial charge in [0, 0.05) is 11.3 Å². The molecule has 156 valence electrons. The number of hydrazine groups is 1. The molecule has 0 radical (unpaired) electrons. The minimum absolute atomic E-state index is 0.168. The van der Waals surface area contributed by atoms with E-state index in [1.54, 1.807) is 18.2 Å². The molecule has 1 aromatic heterocycles. The highest BCUT2D eigenvalue weighted by Crippen LogP contribution is 2.35. The molecule has 1 aliphatic heterocycles. The molecule has 0 atom stereocenters. The second-order valence-electron chi connectivity index (χ2n) is 7.79. The van der Waals surface area contributed by atoms with Crippen LogP contribution in [0.1, 0.15) is 53.5 Å². The molecule has 3 N–H and O–H groups in total. The number of nitrogens with zero attached hydrogens (tertiary/aromatic N) is 1. The van der Waals surface area contributed by atoms with E-state index in [2.05, 4.69) is 23.0 Å². The maximum absolute atomic E-state index is 12.8. The van der Waals surface area contributed by atoms with Gasteiger partial charge in [-0.25, -0.2) is 4.79 Å². The molecule has 1 saturated heterocycles. The molecule has 1 aromatic carbocycles. The van der Waals surface area contributed by atoms with Gasteiger partial charge < -0.3 is 15.1 Å². The second-order valence-corrected chi connectivity index (χ2v) is 7.79. The van der Waals surface area contributed by atoms with Gasteiger partial charge in [0.25, 0.3) is 17.7 Å². The molecule has 9 nitrogen and oxygen atoms in total. The van der Waals surface area contributed by atoms with Crippen LogP contribution in [0.25, 0.3) is 0 Å². The third-order valence-electron chi connectivity index (χ3n) is 5.65. The van der Waals surface area contributed by atoms with E-state index in [1.807, 2.05) is 0 Å². The summed E-state index contributed by atoms with van der Waals surface area (Å²) in [6, 6.07) is 8.60. The molecule has 2 aromatic rings. The Balaban J connectivity index is 1.39. The lowest BCUT2D eigenvalue weighted by Crippen LogP contribution is -2.51. The summed E-state index contributed by atoms with van der Waals surface area (Å²) in [5, 5.41) is 6.17. The van der Waals surface area contributed by atoms with Crippen LogP contribution in [0.15, 0.2) is 47.1 Å². The molecular formula is C21H22N4O5. The van der Waals surface area contributed by atoms with Crippen molar-refractivity contribution in [2.45, 2.75) is 38.1 Å². The van der Waals surface area contributed by atoms with Crippen LogP contribution in [-0.2, 0) is 4.79 Å². The van der Waals surface area contributed by atoms with Crippen molar-refractivity contribution in [1.82, 2.24) is 15.8 Å². The number of furan rings is 1. The molecule has 4 rings (SSSR count). The Bertz CT molecular complexity index is 975. The first-order chi connectivity index (χ1) is 14.4. The summed E-state index contributed by atoms with van der Waals surface area (Å²) < 4.78 is 5.03. The van der Waals surface area contributed by atoms with E-state index in [1.165, 1.54) is 24.5 Å². The van der Waals surface area contributed by atoms with Crippen LogP contribution in [0, 0.1) is 5.92 Å². The van der Waals surface area contributed by atoms with Crippen molar-refractivity contribution in [2.75, 3.05) is 5.32 Å². The first kappa shape index (κ1) is 19.7. The number of carbonyl (C=O) groups excluding carboxylic acids is 4. The number of amides is 5. The molecule has 0 bridgehead atoms. The monoisotopic (exact) mass is 410 g/mol. The maximum Gasteiger partial charge on any atom is 0.344 e. The Morgan fingerprint density at radius 1 is 1.10 bits per heavy atom. The van der Waals surface area contributed by atoms with Crippen molar-refractivity contribution in [3.05, 3.63) is 54.0 Å². The fourth-order valence-corrected chi connectivity index (χ4v) is 3.79. The number of benzene rings is 1. The predicted octanol–water partition coefficient (Wildman–Crippen LogP) is 2.68. The molecule has 30 heavy (non-hydrogen) atoms. The summed E-state index contributed by atoms with van der Waals surface area (Å²) in [4.78, 5) is 49.7. The molecule has 1 spiro atoms. The van der Waals surface area contributed by atoms with Gasteiger partial charge >= 0.3 is 6.03 Å². The fourth-order valence-electron chi connectivity index (χ4n) is 3.79. The summed E-state index contributed by atoms with van der Waals surface area (Å²) in [7, 11) is 0. The number of carbonyl (C=O) groups is 4. The van der Waals surface area contributed by atoms with Gasteiger partial charge in [0.15, 0.2) is 5.76 Å². The van der Waals surface area contributed by atoms with Gasteiger partial charge in [0.1, 0.15) is 5.54 Å². The van der Waals surface area contributed by atoms with Crippen molar-refractivity contribution in [3.63, 3.8) is 0 Å². The molecule has 2 aliphatic rings. The van der Waals surface area contributed by atoms with E-state index >= 15 is 0 Å². The van der Waals surface area contributed by atoms with Crippen molar-refractivity contribution < 1.29 is 23.6 Å². The Morgan fingerprint density at radius 3 is 2.43 bits per heavy atom. The summed E-state index contributed by atoms with van der Waals surface area (Å²) in [5.74, 6) is -0.750. The summed E-state index contributed by atoms with van der Waals surface area (Å²) in [5.41, 5.74) is 2.18. The molecule has 9 heteroatoms. The van der Waals surface area contributed by atoms with Crippen LogP contribution in [-0.4, -0.2) is 34.3 Å². The number of imide groups is 1. The number of anilines is 1. The standard InChI is InChI=1S/C21H22N4O5/c1-13-8-10-21(11-9-13)19(28)25(20(29)23-21)24-17(26)14-4-6-15(7-5-14)22-18(27)16-3-2-12-30-16/h2-7,12-13H,8-11H2,1H3,(H,22,27)(H,23,29)(H,24,26). The smallest absolute Gasteiger partial charge is 0.344 e. The molecule has 1 saturated carbocycles. The largest absolute Gasteiger partial charge is 0.459 e. The minimum atomic E-state index is -0.920. The summed E-state index contributed by atoms with van der Waals surface area (Å²) in [6.07, 6.45) is 4.22. The molecular weight excluding hydrogens is 388 g/mol. The van der Waals surface area contributed by atoms with Gasteiger partial charge in [0.05, 0.1) is 6.26 Å². The minimum Gasteiger partial charge on any atom is -0.459 e. The Labute approximate surface area is 172 Å². The van der Waals surface area contributed by atoms with E-state index in [0.717, 1.165) is 17.9 Å². The van der Waals surface area contributed by atoms with E-state index < -0.39 is 29.3 Å². The number of nitrogens with one attached hydrogen (secondary N) is 3. The van der Waals surface area contributed by atoms with Crippen LogP contribution >= 0.6 is 0 Å². The predicted molar refractivity (Wildman–Crippen MR) is 106 cm³/mol. The van der Waals surface area contributed by atoms with E-state index in [0.29, 0.717) is 24.4 Å². The Morgan fingerprint density at radius 2 is 1.80 bits per heavy atom. The van der Waals surface area contributed by atoms with Crippen LogP contribution in [0.4, 0.5) is 10.5 Å². The zero-order valence-corrected chi connectivity index (χ0v) is 16.4. The third kappa shape index (κ3) is 3.66. The summed E-state index contributed by atoms with van der Waals surface area (Å²) >= 11 is 0. The molecule has 2 heterocycles. The van der Waals surface area contributed by atoms with Gasteiger partial charge in [-0.15, -0.1) is 0 Å². The van der Waals surface area contributed by atoms with E-state index in [-0.39, 0.29) is 11.3 Å². The van der Waals surface area contributed by atoms with Crippen LogP contribution in [0.5, 0.6) is 0 Å². The second kappa shape index (κ2) is 7.66. The van der Waals surface area contributed by atoms with Crippen LogP contribution in [0.2, 0.25) is 0 Å². The Kier molecular flexibility index (Phi) is 5.03. The molecule has 0 unspecified atom stereocenters. The lowest BCUT2D eigenvalue weighted by molar-refractivity contribution is -0.134. The lowest BCUT2D eigenvalue weighted by Gasteiger charge is -2.33. The zero-order chi connectivity index (χ0) is 21.3.